The summed E-state index contributed by atoms with van der Waals surface area (Å²) in [6.45, 7) is 12.2. The third-order valence-corrected chi connectivity index (χ3v) is 6.83. The number of fused-ring (bicyclic) bond motifs is 1. The summed E-state index contributed by atoms with van der Waals surface area (Å²) >= 11 is 0. The summed E-state index contributed by atoms with van der Waals surface area (Å²) in [7, 11) is 0. The van der Waals surface area contributed by atoms with Gasteiger partial charge in [0.25, 0.3) is 5.91 Å². The maximum atomic E-state index is 13.0. The zero-order valence-corrected chi connectivity index (χ0v) is 16.1. The molecule has 1 aliphatic rings. The number of phenolic OH excluding ortho intramolecular Hbond substituents is 1. The molecule has 5 heteroatoms. The number of ketones is 2. The monoisotopic (exact) mass is 345 g/mol. The Morgan fingerprint density at radius 1 is 1.04 bits per heavy atom. The number of hydrogen-bond donors (Lipinski definition) is 1. The van der Waals surface area contributed by atoms with E-state index in [-0.39, 0.29) is 29.8 Å². The van der Waals surface area contributed by atoms with Crippen LogP contribution >= 0.6 is 0 Å². The van der Waals surface area contributed by atoms with Crippen LogP contribution in [0.4, 0.5) is 0 Å². The molecule has 1 unspecified atom stereocenters. The van der Waals surface area contributed by atoms with Gasteiger partial charge in [-0.1, -0.05) is 33.8 Å². The van der Waals surface area contributed by atoms with E-state index in [1.54, 1.807) is 19.1 Å². The number of nitrogens with zero attached hydrogens (tertiary/aromatic N) is 1. The van der Waals surface area contributed by atoms with Crippen LogP contribution in [0.1, 0.15) is 64.4 Å². The topological polar surface area (TPSA) is 74.7 Å². The van der Waals surface area contributed by atoms with Gasteiger partial charge in [-0.2, -0.15) is 0 Å². The zero-order chi connectivity index (χ0) is 19.4. The molecule has 0 bridgehead atoms. The minimum Gasteiger partial charge on any atom is -0.508 e. The van der Waals surface area contributed by atoms with Crippen LogP contribution in [0, 0.1) is 10.8 Å². The van der Waals surface area contributed by atoms with Crippen molar-refractivity contribution in [3.8, 4) is 5.75 Å². The van der Waals surface area contributed by atoms with Gasteiger partial charge in [-0.25, -0.2) is 0 Å². The number of carbonyl (C=O) groups is 3. The average molecular weight is 345 g/mol. The third kappa shape index (κ3) is 2.40. The quantitative estimate of drug-likeness (QED) is 0.888. The number of phenols is 1. The van der Waals surface area contributed by atoms with Crippen LogP contribution in [-0.4, -0.2) is 33.0 Å². The summed E-state index contributed by atoms with van der Waals surface area (Å²) in [4.78, 5) is 39.6. The summed E-state index contributed by atoms with van der Waals surface area (Å²) < 4.78 is 0. The van der Waals surface area contributed by atoms with Gasteiger partial charge in [0, 0.05) is 22.0 Å². The first kappa shape index (κ1) is 19.2. The number of carbonyl (C=O) groups excluding carboxylic acids is 3. The number of amides is 1. The summed E-state index contributed by atoms with van der Waals surface area (Å²) in [5.41, 5.74) is -1.93. The Morgan fingerprint density at radius 2 is 1.60 bits per heavy atom. The van der Waals surface area contributed by atoms with Gasteiger partial charge in [-0.15, -0.1) is 0 Å². The molecule has 0 saturated heterocycles. The van der Waals surface area contributed by atoms with Crippen molar-refractivity contribution in [2.45, 2.75) is 60.5 Å². The molecule has 0 aliphatic carbocycles. The molecule has 0 saturated carbocycles. The Hall–Kier alpha value is -2.17. The van der Waals surface area contributed by atoms with E-state index in [9.17, 15) is 19.5 Å². The van der Waals surface area contributed by atoms with Crippen molar-refractivity contribution in [3.05, 3.63) is 29.3 Å². The molecule has 0 spiro atoms. The number of rotatable bonds is 5. The van der Waals surface area contributed by atoms with Gasteiger partial charge >= 0.3 is 0 Å². The third-order valence-electron chi connectivity index (χ3n) is 6.83. The van der Waals surface area contributed by atoms with Crippen LogP contribution in [0.2, 0.25) is 0 Å². The van der Waals surface area contributed by atoms with E-state index < -0.39 is 16.4 Å². The first-order chi connectivity index (χ1) is 11.3. The predicted molar refractivity (Wildman–Crippen MR) is 95.3 cm³/mol. The van der Waals surface area contributed by atoms with Crippen molar-refractivity contribution in [3.63, 3.8) is 0 Å². The van der Waals surface area contributed by atoms with Gasteiger partial charge in [0.15, 0.2) is 5.78 Å². The molecule has 1 atom stereocenters. The smallest absolute Gasteiger partial charge is 0.255 e. The molecule has 0 radical (unpaired) electrons. The minimum atomic E-state index is -1.20. The Kier molecular flexibility index (Phi) is 4.35. The lowest BCUT2D eigenvalue weighted by molar-refractivity contribution is -0.150. The van der Waals surface area contributed by atoms with Crippen molar-refractivity contribution < 1.29 is 19.5 Å². The number of aromatic hydroxyl groups is 1. The summed E-state index contributed by atoms with van der Waals surface area (Å²) in [6.07, 6.45) is 0. The molecule has 0 aromatic heterocycles. The second-order valence-electron chi connectivity index (χ2n) is 8.13. The second-order valence-corrected chi connectivity index (χ2v) is 8.13. The van der Waals surface area contributed by atoms with Crippen molar-refractivity contribution in [1.29, 1.82) is 0 Å². The Bertz CT molecular complexity index is 763. The normalized spacial score (nSPS) is 17.2. The molecule has 1 aromatic rings. The van der Waals surface area contributed by atoms with Crippen molar-refractivity contribution in [1.82, 2.24) is 4.90 Å². The van der Waals surface area contributed by atoms with Crippen molar-refractivity contribution >= 4 is 17.5 Å². The van der Waals surface area contributed by atoms with Crippen LogP contribution in [-0.2, 0) is 16.1 Å². The fourth-order valence-corrected chi connectivity index (χ4v) is 3.69. The average Bonchev–Trinajstić information content (AvgIpc) is 2.84. The molecule has 1 N–H and O–H groups in total. The first-order valence-electron chi connectivity index (χ1n) is 8.45. The summed E-state index contributed by atoms with van der Waals surface area (Å²) in [6, 6.07) is 4.80. The summed E-state index contributed by atoms with van der Waals surface area (Å²) in [5, 5.41) is 10.1. The molecular weight excluding hydrogens is 318 g/mol. The number of hydrogen-bond acceptors (Lipinski definition) is 4. The predicted octanol–water partition coefficient (Wildman–Crippen LogP) is 3.34. The number of Topliss-reactive ketones (excluding diaryl/α,β-unsaturated/α-hetero) is 2. The van der Waals surface area contributed by atoms with Crippen LogP contribution in [0.3, 0.4) is 0 Å². The van der Waals surface area contributed by atoms with E-state index in [4.69, 9.17) is 0 Å². The minimum absolute atomic E-state index is 0.0443. The lowest BCUT2D eigenvalue weighted by atomic mass is 9.55. The van der Waals surface area contributed by atoms with E-state index in [1.807, 2.05) is 27.7 Å². The lowest BCUT2D eigenvalue weighted by Crippen LogP contribution is -2.65. The van der Waals surface area contributed by atoms with Gasteiger partial charge in [-0.05, 0) is 32.9 Å². The van der Waals surface area contributed by atoms with Crippen LogP contribution < -0.4 is 0 Å². The van der Waals surface area contributed by atoms with E-state index >= 15 is 0 Å². The highest BCUT2D eigenvalue weighted by molar-refractivity contribution is 6.03. The van der Waals surface area contributed by atoms with Crippen LogP contribution in [0.15, 0.2) is 18.2 Å². The van der Waals surface area contributed by atoms with Gasteiger partial charge in [0.1, 0.15) is 17.1 Å². The molecule has 1 aliphatic heterocycles. The van der Waals surface area contributed by atoms with E-state index in [1.165, 1.54) is 24.8 Å². The molecule has 1 heterocycles. The lowest BCUT2D eigenvalue weighted by Gasteiger charge is -2.54. The summed E-state index contributed by atoms with van der Waals surface area (Å²) in [5.74, 6) is -0.483. The van der Waals surface area contributed by atoms with Gasteiger partial charge in [0.05, 0.1) is 6.54 Å². The van der Waals surface area contributed by atoms with Gasteiger partial charge < -0.3 is 10.0 Å². The van der Waals surface area contributed by atoms with Crippen molar-refractivity contribution in [2.24, 2.45) is 10.8 Å². The molecule has 0 fully saturated rings. The Balaban J connectivity index is 2.64. The number of benzene rings is 1. The largest absolute Gasteiger partial charge is 0.508 e. The maximum absolute atomic E-state index is 13.0. The second kappa shape index (κ2) is 5.68. The van der Waals surface area contributed by atoms with Gasteiger partial charge in [0.2, 0.25) is 0 Å². The van der Waals surface area contributed by atoms with Crippen LogP contribution in [0.25, 0.3) is 0 Å². The van der Waals surface area contributed by atoms with E-state index in [0.717, 1.165) is 0 Å². The molecule has 25 heavy (non-hydrogen) atoms. The molecule has 5 nitrogen and oxygen atoms in total. The highest BCUT2D eigenvalue weighted by Gasteiger charge is 2.60. The molecule has 1 amide bonds. The molecule has 136 valence electrons. The van der Waals surface area contributed by atoms with Crippen molar-refractivity contribution in [2.75, 3.05) is 0 Å². The highest BCUT2D eigenvalue weighted by Crippen LogP contribution is 2.52. The molecular formula is C20H27NO4. The highest BCUT2D eigenvalue weighted by atomic mass is 16.3. The standard InChI is InChI=1S/C20H27NO4/c1-12(22)18(3,4)19(5,6)20(7,13(2)23)21-11-15-14(17(21)25)9-8-10-16(15)24/h8-10,24H,11H2,1-7H3. The Labute approximate surface area is 149 Å². The van der Waals surface area contributed by atoms with Gasteiger partial charge in [-0.3, -0.25) is 14.4 Å². The fourth-order valence-electron chi connectivity index (χ4n) is 3.69. The fraction of sp³-hybridized carbons (Fsp3) is 0.550. The first-order valence-corrected chi connectivity index (χ1v) is 8.45. The maximum Gasteiger partial charge on any atom is 0.255 e. The Morgan fingerprint density at radius 3 is 2.04 bits per heavy atom. The molecule has 2 rings (SSSR count). The van der Waals surface area contributed by atoms with Crippen LogP contribution in [0.5, 0.6) is 5.75 Å². The van der Waals surface area contributed by atoms with E-state index in [2.05, 4.69) is 0 Å². The van der Waals surface area contributed by atoms with E-state index in [0.29, 0.717) is 11.1 Å². The molecule has 1 aromatic carbocycles. The SMILES string of the molecule is CC(=O)C(C)(C)C(C)(C)C(C)(C(C)=O)N1Cc2c(O)cccc2C1=O. The zero-order valence-electron chi connectivity index (χ0n) is 16.1.